The summed E-state index contributed by atoms with van der Waals surface area (Å²) in [4.78, 5) is 28.4. The third-order valence-corrected chi connectivity index (χ3v) is 4.09. The first kappa shape index (κ1) is 14.6. The maximum absolute atomic E-state index is 12.2. The molecule has 0 aliphatic carbocycles. The molecule has 0 saturated heterocycles. The average molecular weight is 336 g/mol. The van der Waals surface area contributed by atoms with Crippen LogP contribution in [0.15, 0.2) is 52.5 Å². The van der Waals surface area contributed by atoms with Gasteiger partial charge in [-0.15, -0.1) is 0 Å². The first-order chi connectivity index (χ1) is 11.7. The summed E-state index contributed by atoms with van der Waals surface area (Å²) < 4.78 is 0. The van der Waals surface area contributed by atoms with Gasteiger partial charge in [0.1, 0.15) is 11.5 Å². The van der Waals surface area contributed by atoms with Gasteiger partial charge in [0.05, 0.1) is 22.3 Å². The Hall–Kier alpha value is -3.00. The van der Waals surface area contributed by atoms with Crippen molar-refractivity contribution in [3.63, 3.8) is 0 Å². The summed E-state index contributed by atoms with van der Waals surface area (Å²) in [5, 5.41) is 7.24. The Morgan fingerprint density at radius 2 is 1.96 bits per heavy atom. The second kappa shape index (κ2) is 5.89. The monoisotopic (exact) mass is 336 g/mol. The highest BCUT2D eigenvalue weighted by atomic mass is 32.2. The highest BCUT2D eigenvalue weighted by Crippen LogP contribution is 2.21. The molecular formula is C16H12N6OS. The number of H-pyrrole nitrogens is 2. The molecule has 118 valence electrons. The van der Waals surface area contributed by atoms with Gasteiger partial charge in [-0.3, -0.25) is 4.79 Å². The molecule has 0 unspecified atom stereocenters. The predicted octanol–water partition coefficient (Wildman–Crippen LogP) is 2.49. The second-order valence-corrected chi connectivity index (χ2v) is 5.80. The van der Waals surface area contributed by atoms with Crippen molar-refractivity contribution >= 4 is 22.8 Å². The first-order valence-corrected chi connectivity index (χ1v) is 8.39. The lowest BCUT2D eigenvalue weighted by atomic mass is 10.2. The molecule has 0 fully saturated rings. The van der Waals surface area contributed by atoms with E-state index in [1.54, 1.807) is 18.3 Å². The highest BCUT2D eigenvalue weighted by molar-refractivity contribution is 7.98. The number of hydrogen-bond donors (Lipinski definition) is 2. The van der Waals surface area contributed by atoms with Crippen molar-refractivity contribution in [3.8, 4) is 22.8 Å². The zero-order valence-electron chi connectivity index (χ0n) is 12.6. The molecule has 4 rings (SSSR count). The average Bonchev–Trinajstić information content (AvgIpc) is 3.06. The molecule has 0 saturated carbocycles. The molecule has 0 amide bonds. The van der Waals surface area contributed by atoms with Crippen molar-refractivity contribution in [1.82, 2.24) is 30.1 Å². The molecule has 2 N–H and O–H groups in total. The molecule has 8 heteroatoms. The van der Waals surface area contributed by atoms with E-state index in [0.717, 1.165) is 11.0 Å². The summed E-state index contributed by atoms with van der Waals surface area (Å²) >= 11 is 1.44. The minimum Gasteiger partial charge on any atom is -0.338 e. The van der Waals surface area contributed by atoms with Gasteiger partial charge in [0.25, 0.3) is 5.56 Å². The van der Waals surface area contributed by atoms with E-state index >= 15 is 0 Å². The van der Waals surface area contributed by atoms with Crippen molar-refractivity contribution in [1.29, 1.82) is 0 Å². The van der Waals surface area contributed by atoms with Gasteiger partial charge in [0, 0.05) is 6.20 Å². The van der Waals surface area contributed by atoms with Crippen LogP contribution in [0.1, 0.15) is 0 Å². The normalized spacial score (nSPS) is 11.0. The number of para-hydroxylation sites is 2. The Kier molecular flexibility index (Phi) is 3.58. The number of nitrogens with one attached hydrogen (secondary N) is 2. The molecule has 0 spiro atoms. The van der Waals surface area contributed by atoms with Gasteiger partial charge in [0.15, 0.2) is 5.16 Å². The van der Waals surface area contributed by atoms with Gasteiger partial charge in [-0.2, -0.15) is 5.10 Å². The zero-order chi connectivity index (χ0) is 16.5. The molecule has 7 nitrogen and oxygen atoms in total. The van der Waals surface area contributed by atoms with Gasteiger partial charge in [-0.05, 0) is 30.5 Å². The quantitative estimate of drug-likeness (QED) is 0.440. The minimum absolute atomic E-state index is 0.308. The van der Waals surface area contributed by atoms with Crippen LogP contribution in [0.3, 0.4) is 0 Å². The molecule has 24 heavy (non-hydrogen) atoms. The van der Waals surface area contributed by atoms with Crippen LogP contribution in [-0.2, 0) is 0 Å². The Morgan fingerprint density at radius 3 is 2.79 bits per heavy atom. The molecule has 0 radical (unpaired) electrons. The van der Waals surface area contributed by atoms with Gasteiger partial charge in [-0.25, -0.2) is 20.1 Å². The van der Waals surface area contributed by atoms with Gasteiger partial charge >= 0.3 is 0 Å². The van der Waals surface area contributed by atoms with Crippen LogP contribution in [0.5, 0.6) is 0 Å². The summed E-state index contributed by atoms with van der Waals surface area (Å²) in [5.41, 5.74) is 2.98. The van der Waals surface area contributed by atoms with Gasteiger partial charge < -0.3 is 4.98 Å². The fourth-order valence-corrected chi connectivity index (χ4v) is 2.73. The number of rotatable bonds is 3. The van der Waals surface area contributed by atoms with E-state index in [1.807, 2.05) is 30.5 Å². The van der Waals surface area contributed by atoms with Gasteiger partial charge in [-0.1, -0.05) is 23.9 Å². The third-order valence-electron chi connectivity index (χ3n) is 3.53. The van der Waals surface area contributed by atoms with Crippen molar-refractivity contribution < 1.29 is 0 Å². The topological polar surface area (TPSA) is 100 Å². The molecular weight excluding hydrogens is 324 g/mol. The molecule has 3 heterocycles. The van der Waals surface area contributed by atoms with Crippen LogP contribution in [-0.4, -0.2) is 36.4 Å². The van der Waals surface area contributed by atoms with Crippen LogP contribution < -0.4 is 5.56 Å². The minimum atomic E-state index is -0.308. The fourth-order valence-electron chi connectivity index (χ4n) is 2.38. The van der Waals surface area contributed by atoms with Gasteiger partial charge in [0.2, 0.25) is 0 Å². The van der Waals surface area contributed by atoms with E-state index in [-0.39, 0.29) is 5.56 Å². The molecule has 0 aliphatic heterocycles. The number of imidazole rings is 1. The summed E-state index contributed by atoms with van der Waals surface area (Å²) in [5.74, 6) is 0.500. The molecule has 4 aromatic rings. The molecule has 0 bridgehead atoms. The summed E-state index contributed by atoms with van der Waals surface area (Å²) in [7, 11) is 0. The molecule has 0 aliphatic rings. The summed E-state index contributed by atoms with van der Waals surface area (Å²) in [6.07, 6.45) is 3.57. The smallest absolute Gasteiger partial charge is 0.275 e. The fraction of sp³-hybridized carbons (Fsp3) is 0.0625. The van der Waals surface area contributed by atoms with Crippen LogP contribution >= 0.6 is 11.8 Å². The molecule has 0 atom stereocenters. The first-order valence-electron chi connectivity index (χ1n) is 7.17. The predicted molar refractivity (Wildman–Crippen MR) is 92.8 cm³/mol. The second-order valence-electron chi connectivity index (χ2n) is 5.03. The Balaban J connectivity index is 1.85. The lowest BCUT2D eigenvalue weighted by Crippen LogP contribution is -2.12. The number of aromatic amines is 2. The zero-order valence-corrected chi connectivity index (χ0v) is 13.5. The van der Waals surface area contributed by atoms with Crippen molar-refractivity contribution in [2.24, 2.45) is 0 Å². The van der Waals surface area contributed by atoms with E-state index in [1.165, 1.54) is 11.8 Å². The summed E-state index contributed by atoms with van der Waals surface area (Å²) in [6, 6.07) is 11.1. The van der Waals surface area contributed by atoms with Crippen molar-refractivity contribution in [2.75, 3.05) is 6.26 Å². The number of hydrogen-bond acceptors (Lipinski definition) is 6. The molecule has 3 aromatic heterocycles. The molecule has 1 aromatic carbocycles. The van der Waals surface area contributed by atoms with Crippen LogP contribution in [0.4, 0.5) is 0 Å². The van der Waals surface area contributed by atoms with E-state index in [0.29, 0.717) is 27.9 Å². The maximum Gasteiger partial charge on any atom is 0.275 e. The standard InChI is InChI=1S/C16H12N6OS/c1-24-16-17-7-6-12(20-16)13-8-9(15(23)22-21-13)14-18-10-4-2-3-5-11(10)19-14/h2-8H,1H3,(H,18,19)(H,22,23). The lowest BCUT2D eigenvalue weighted by Gasteiger charge is -2.02. The van der Waals surface area contributed by atoms with Crippen LogP contribution in [0, 0.1) is 0 Å². The maximum atomic E-state index is 12.2. The largest absolute Gasteiger partial charge is 0.338 e. The van der Waals surface area contributed by atoms with E-state index in [9.17, 15) is 4.79 Å². The number of nitrogens with zero attached hydrogens (tertiary/aromatic N) is 4. The number of fused-ring (bicyclic) bond motifs is 1. The number of aromatic nitrogens is 6. The Bertz CT molecular complexity index is 1050. The van der Waals surface area contributed by atoms with E-state index in [2.05, 4.69) is 30.1 Å². The van der Waals surface area contributed by atoms with Crippen LogP contribution in [0.2, 0.25) is 0 Å². The van der Waals surface area contributed by atoms with E-state index in [4.69, 9.17) is 0 Å². The lowest BCUT2D eigenvalue weighted by molar-refractivity contribution is 0.944. The number of thioether (sulfide) groups is 1. The Labute approximate surface area is 140 Å². The van der Waals surface area contributed by atoms with E-state index < -0.39 is 0 Å². The highest BCUT2D eigenvalue weighted by Gasteiger charge is 2.12. The van der Waals surface area contributed by atoms with Crippen molar-refractivity contribution in [3.05, 3.63) is 52.9 Å². The Morgan fingerprint density at radius 1 is 1.08 bits per heavy atom. The van der Waals surface area contributed by atoms with Crippen LogP contribution in [0.25, 0.3) is 33.8 Å². The SMILES string of the molecule is CSc1nccc(-c2cc(-c3nc4ccccc4[nH]3)c(=O)[nH]n2)n1. The van der Waals surface area contributed by atoms with Crippen molar-refractivity contribution in [2.45, 2.75) is 5.16 Å². The number of benzene rings is 1. The third kappa shape index (κ3) is 2.56. The summed E-state index contributed by atoms with van der Waals surface area (Å²) in [6.45, 7) is 0.